The van der Waals surface area contributed by atoms with E-state index in [9.17, 15) is 4.79 Å². The molecule has 0 saturated heterocycles. The lowest BCUT2D eigenvalue weighted by atomic mass is 10.1. The Balaban J connectivity index is 1.77. The van der Waals surface area contributed by atoms with Gasteiger partial charge in [-0.25, -0.2) is 4.79 Å². The number of aryl methyl sites for hydroxylation is 2. The highest BCUT2D eigenvalue weighted by molar-refractivity contribution is 5.98. The number of aromatic nitrogens is 5. The van der Waals surface area contributed by atoms with E-state index in [1.54, 1.807) is 17.9 Å². The smallest absolute Gasteiger partial charge is 0.319 e. The second-order valence-electron chi connectivity index (χ2n) is 5.30. The highest BCUT2D eigenvalue weighted by Gasteiger charge is 2.16. The van der Waals surface area contributed by atoms with Crippen molar-refractivity contribution in [1.82, 2.24) is 30.1 Å². The maximum absolute atomic E-state index is 12.3. The summed E-state index contributed by atoms with van der Waals surface area (Å²) >= 11 is 0. The molecule has 3 aromatic rings. The second kappa shape index (κ2) is 6.07. The highest BCUT2D eigenvalue weighted by atomic mass is 16.2. The Hall–Kier alpha value is -2.90. The molecule has 0 aliphatic heterocycles. The minimum Gasteiger partial charge on any atom is -0.330 e. The van der Waals surface area contributed by atoms with E-state index in [1.807, 2.05) is 38.2 Å². The van der Waals surface area contributed by atoms with Crippen molar-refractivity contribution in [3.63, 3.8) is 0 Å². The number of rotatable bonds is 4. The first-order valence-corrected chi connectivity index (χ1v) is 7.44. The van der Waals surface area contributed by atoms with Gasteiger partial charge in [0.25, 0.3) is 0 Å². The summed E-state index contributed by atoms with van der Waals surface area (Å²) in [5.41, 5.74) is 3.00. The fraction of sp³-hybridized carbons (Fsp3) is 0.333. The zero-order valence-corrected chi connectivity index (χ0v) is 13.3. The van der Waals surface area contributed by atoms with E-state index in [0.717, 1.165) is 17.6 Å². The molecule has 0 unspecified atom stereocenters. The summed E-state index contributed by atoms with van der Waals surface area (Å²) < 4.78 is 1.76. The number of hydrogen-bond acceptors (Lipinski definition) is 4. The number of urea groups is 1. The van der Waals surface area contributed by atoms with Gasteiger partial charge < -0.3 is 10.6 Å². The number of hydrogen-bond donors (Lipinski definition) is 2. The van der Waals surface area contributed by atoms with Gasteiger partial charge in [0.1, 0.15) is 11.0 Å². The van der Waals surface area contributed by atoms with Crippen LogP contribution in [0.4, 0.5) is 10.5 Å². The molecule has 0 fully saturated rings. The highest BCUT2D eigenvalue weighted by Crippen LogP contribution is 2.20. The molecule has 8 heteroatoms. The summed E-state index contributed by atoms with van der Waals surface area (Å²) in [6.07, 6.45) is 2.49. The van der Waals surface area contributed by atoms with Gasteiger partial charge in [0, 0.05) is 20.3 Å². The summed E-state index contributed by atoms with van der Waals surface area (Å²) in [5, 5.41) is 18.5. The number of carbonyl (C=O) groups is 1. The van der Waals surface area contributed by atoms with Crippen molar-refractivity contribution in [3.05, 3.63) is 36.2 Å². The maximum atomic E-state index is 12.3. The number of nitrogens with one attached hydrogen (secondary N) is 2. The Labute approximate surface area is 133 Å². The zero-order chi connectivity index (χ0) is 16.4. The number of nitrogens with zero attached hydrogens (tertiary/aromatic N) is 5. The third-order valence-electron chi connectivity index (χ3n) is 3.69. The van der Waals surface area contributed by atoms with Gasteiger partial charge in [-0.15, -0.1) is 0 Å². The van der Waals surface area contributed by atoms with Gasteiger partial charge in [-0.05, 0) is 24.6 Å². The number of fused-ring (bicyclic) bond motifs is 1. The standard InChI is InChI=1S/C15H19N7O/c1-4-10(13-8-9-16-21(13)2)17-15(23)18-11-6-5-7-12-14(11)20-22(3)19-12/h5-10H,4H2,1-3H3,(H2,17,18,23)/t10-/m0/s1. The summed E-state index contributed by atoms with van der Waals surface area (Å²) in [4.78, 5) is 13.8. The summed E-state index contributed by atoms with van der Waals surface area (Å²) in [6, 6.07) is 7.01. The molecular weight excluding hydrogens is 294 g/mol. The first kappa shape index (κ1) is 15.0. The predicted octanol–water partition coefficient (Wildman–Crippen LogP) is 1.97. The van der Waals surface area contributed by atoms with Gasteiger partial charge in [0.15, 0.2) is 0 Å². The van der Waals surface area contributed by atoms with Crippen molar-refractivity contribution in [2.75, 3.05) is 5.32 Å². The van der Waals surface area contributed by atoms with Crippen LogP contribution in [0.15, 0.2) is 30.5 Å². The van der Waals surface area contributed by atoms with Crippen LogP contribution in [0.2, 0.25) is 0 Å². The predicted molar refractivity (Wildman–Crippen MR) is 86.9 cm³/mol. The van der Waals surface area contributed by atoms with Gasteiger partial charge in [-0.2, -0.15) is 20.1 Å². The van der Waals surface area contributed by atoms with Gasteiger partial charge >= 0.3 is 6.03 Å². The molecule has 0 saturated carbocycles. The minimum absolute atomic E-state index is 0.108. The van der Waals surface area contributed by atoms with Crippen LogP contribution in [-0.4, -0.2) is 30.8 Å². The number of anilines is 1. The van der Waals surface area contributed by atoms with E-state index in [-0.39, 0.29) is 12.1 Å². The first-order chi connectivity index (χ1) is 11.1. The van der Waals surface area contributed by atoms with Crippen molar-refractivity contribution >= 4 is 22.8 Å². The van der Waals surface area contributed by atoms with E-state index in [0.29, 0.717) is 11.2 Å². The van der Waals surface area contributed by atoms with Gasteiger partial charge in [-0.1, -0.05) is 13.0 Å². The Bertz CT molecular complexity index is 835. The number of amides is 2. The molecule has 2 N–H and O–H groups in total. The molecule has 0 bridgehead atoms. The first-order valence-electron chi connectivity index (χ1n) is 7.44. The molecule has 2 amide bonds. The van der Waals surface area contributed by atoms with Crippen molar-refractivity contribution in [3.8, 4) is 0 Å². The van der Waals surface area contributed by atoms with Crippen molar-refractivity contribution in [1.29, 1.82) is 0 Å². The zero-order valence-electron chi connectivity index (χ0n) is 13.3. The Morgan fingerprint density at radius 3 is 2.78 bits per heavy atom. The van der Waals surface area contributed by atoms with Gasteiger partial charge in [-0.3, -0.25) is 4.68 Å². The van der Waals surface area contributed by atoms with Crippen molar-refractivity contribution in [2.45, 2.75) is 19.4 Å². The molecule has 3 rings (SSSR count). The summed E-state index contributed by atoms with van der Waals surface area (Å²) in [5.74, 6) is 0. The molecule has 1 aromatic carbocycles. The fourth-order valence-electron chi connectivity index (χ4n) is 2.57. The molecular formula is C15H19N7O. The Kier molecular flexibility index (Phi) is 3.96. The lowest BCUT2D eigenvalue weighted by Crippen LogP contribution is -2.33. The topological polar surface area (TPSA) is 89.7 Å². The van der Waals surface area contributed by atoms with E-state index in [4.69, 9.17) is 0 Å². The van der Waals surface area contributed by atoms with E-state index >= 15 is 0 Å². The van der Waals surface area contributed by atoms with Crippen LogP contribution in [0.25, 0.3) is 11.0 Å². The molecule has 1 atom stereocenters. The third kappa shape index (κ3) is 3.01. The monoisotopic (exact) mass is 313 g/mol. The van der Waals surface area contributed by atoms with Crippen LogP contribution in [0.3, 0.4) is 0 Å². The Morgan fingerprint density at radius 2 is 2.09 bits per heavy atom. The second-order valence-corrected chi connectivity index (χ2v) is 5.30. The molecule has 0 spiro atoms. The van der Waals surface area contributed by atoms with Crippen molar-refractivity contribution in [2.24, 2.45) is 14.1 Å². The van der Waals surface area contributed by atoms with Crippen LogP contribution < -0.4 is 10.6 Å². The van der Waals surface area contributed by atoms with Crippen LogP contribution in [0, 0.1) is 0 Å². The fourth-order valence-corrected chi connectivity index (χ4v) is 2.57. The van der Waals surface area contributed by atoms with Gasteiger partial charge in [0.05, 0.1) is 17.4 Å². The molecule has 0 aliphatic rings. The van der Waals surface area contributed by atoms with Crippen LogP contribution >= 0.6 is 0 Å². The molecule has 0 radical (unpaired) electrons. The average molecular weight is 313 g/mol. The molecule has 2 aromatic heterocycles. The molecule has 8 nitrogen and oxygen atoms in total. The Morgan fingerprint density at radius 1 is 1.26 bits per heavy atom. The maximum Gasteiger partial charge on any atom is 0.319 e. The average Bonchev–Trinajstić information content (AvgIpc) is 3.10. The minimum atomic E-state index is -0.281. The normalized spacial score (nSPS) is 12.3. The number of benzene rings is 1. The number of carbonyl (C=O) groups excluding carboxylic acids is 1. The van der Waals surface area contributed by atoms with Gasteiger partial charge in [0.2, 0.25) is 0 Å². The van der Waals surface area contributed by atoms with E-state index in [1.165, 1.54) is 4.80 Å². The van der Waals surface area contributed by atoms with Crippen LogP contribution in [0.1, 0.15) is 25.1 Å². The lowest BCUT2D eigenvalue weighted by molar-refractivity contribution is 0.247. The van der Waals surface area contributed by atoms with Crippen molar-refractivity contribution < 1.29 is 4.79 Å². The van der Waals surface area contributed by atoms with E-state index in [2.05, 4.69) is 25.9 Å². The molecule has 120 valence electrons. The van der Waals surface area contributed by atoms with Crippen LogP contribution in [-0.2, 0) is 14.1 Å². The van der Waals surface area contributed by atoms with Crippen LogP contribution in [0.5, 0.6) is 0 Å². The molecule has 23 heavy (non-hydrogen) atoms. The molecule has 0 aliphatic carbocycles. The quantitative estimate of drug-likeness (QED) is 0.770. The largest absolute Gasteiger partial charge is 0.330 e. The summed E-state index contributed by atoms with van der Waals surface area (Å²) in [6.45, 7) is 2.02. The summed E-state index contributed by atoms with van der Waals surface area (Å²) in [7, 11) is 3.61. The molecule has 2 heterocycles. The third-order valence-corrected chi connectivity index (χ3v) is 3.69. The van der Waals surface area contributed by atoms with E-state index < -0.39 is 0 Å². The SMILES string of the molecule is CC[C@H](NC(=O)Nc1cccc2nn(C)nc12)c1ccnn1C. The lowest BCUT2D eigenvalue weighted by Gasteiger charge is -2.17.